The lowest BCUT2D eigenvalue weighted by molar-refractivity contribution is 0.448. The van der Waals surface area contributed by atoms with E-state index in [1.54, 1.807) is 6.26 Å². The molecule has 1 heterocycles. The van der Waals surface area contributed by atoms with Gasteiger partial charge in [0.25, 0.3) is 0 Å². The van der Waals surface area contributed by atoms with E-state index in [2.05, 4.69) is 12.2 Å². The Hall–Kier alpha value is -0.960. The number of hydrogen-bond donors (Lipinski definition) is 1. The lowest BCUT2D eigenvalue weighted by Gasteiger charge is -2.17. The van der Waals surface area contributed by atoms with Gasteiger partial charge in [-0.25, -0.2) is 0 Å². The Morgan fingerprint density at radius 1 is 1.20 bits per heavy atom. The van der Waals surface area contributed by atoms with Crippen LogP contribution in [0, 0.1) is 0 Å². The minimum Gasteiger partial charge on any atom is -0.469 e. The van der Waals surface area contributed by atoms with Crippen molar-refractivity contribution in [1.29, 1.82) is 0 Å². The van der Waals surface area contributed by atoms with Gasteiger partial charge in [0.1, 0.15) is 5.76 Å². The van der Waals surface area contributed by atoms with Gasteiger partial charge in [-0.3, -0.25) is 0 Å². The summed E-state index contributed by atoms with van der Waals surface area (Å²) in [5.41, 5.74) is 1.20. The van der Waals surface area contributed by atoms with E-state index in [1.165, 1.54) is 5.56 Å². The smallest absolute Gasteiger partial charge is 0.103 e. The number of benzene rings is 1. The second-order valence-corrected chi connectivity index (χ2v) is 5.64. The molecule has 0 aliphatic heterocycles. The number of rotatable bonds is 7. The predicted molar refractivity (Wildman–Crippen MR) is 84.7 cm³/mol. The van der Waals surface area contributed by atoms with Gasteiger partial charge in [-0.05, 0) is 49.2 Å². The summed E-state index contributed by atoms with van der Waals surface area (Å²) < 4.78 is 5.38. The Labute approximate surface area is 130 Å². The molecule has 0 saturated heterocycles. The van der Waals surface area contributed by atoms with Crippen molar-refractivity contribution in [3.8, 4) is 0 Å². The quantitative estimate of drug-likeness (QED) is 0.799. The maximum absolute atomic E-state index is 6.07. The monoisotopic (exact) mass is 311 g/mol. The average molecular weight is 312 g/mol. The Bertz CT molecular complexity index is 525. The van der Waals surface area contributed by atoms with Gasteiger partial charge in [-0.15, -0.1) is 0 Å². The number of hydrogen-bond acceptors (Lipinski definition) is 2. The zero-order valence-corrected chi connectivity index (χ0v) is 13.0. The van der Waals surface area contributed by atoms with E-state index in [4.69, 9.17) is 27.6 Å². The van der Waals surface area contributed by atoms with Gasteiger partial charge in [-0.2, -0.15) is 0 Å². The third kappa shape index (κ3) is 4.55. The molecule has 0 aliphatic carbocycles. The molecule has 20 heavy (non-hydrogen) atoms. The van der Waals surface area contributed by atoms with Crippen LogP contribution in [0.25, 0.3) is 0 Å². The van der Waals surface area contributed by atoms with Crippen LogP contribution in [-0.2, 0) is 12.8 Å². The van der Waals surface area contributed by atoms with Gasteiger partial charge < -0.3 is 9.73 Å². The zero-order valence-electron chi connectivity index (χ0n) is 11.5. The van der Waals surface area contributed by atoms with Crippen molar-refractivity contribution < 1.29 is 4.42 Å². The molecule has 2 nitrogen and oxygen atoms in total. The minimum absolute atomic E-state index is 0.405. The summed E-state index contributed by atoms with van der Waals surface area (Å²) in [6.45, 7) is 3.07. The van der Waals surface area contributed by atoms with E-state index >= 15 is 0 Å². The highest BCUT2D eigenvalue weighted by Gasteiger charge is 2.10. The molecule has 1 atom stereocenters. The SMILES string of the molecule is CCNC(CCc1ccco1)Cc1ccc(Cl)c(Cl)c1. The number of halogens is 2. The van der Waals surface area contributed by atoms with Crippen molar-refractivity contribution in [2.45, 2.75) is 32.2 Å². The van der Waals surface area contributed by atoms with Crippen molar-refractivity contribution in [2.24, 2.45) is 0 Å². The molecular weight excluding hydrogens is 293 g/mol. The maximum atomic E-state index is 6.07. The van der Waals surface area contributed by atoms with Gasteiger partial charge in [0.2, 0.25) is 0 Å². The summed E-state index contributed by atoms with van der Waals surface area (Å²) in [6, 6.07) is 10.2. The number of aryl methyl sites for hydroxylation is 1. The van der Waals surface area contributed by atoms with Crippen LogP contribution in [-0.4, -0.2) is 12.6 Å². The third-order valence-corrected chi connectivity index (χ3v) is 4.02. The van der Waals surface area contributed by atoms with E-state index in [0.29, 0.717) is 16.1 Å². The molecule has 0 saturated carbocycles. The van der Waals surface area contributed by atoms with Crippen molar-refractivity contribution in [1.82, 2.24) is 5.32 Å². The minimum atomic E-state index is 0.405. The molecule has 1 aromatic heterocycles. The first kappa shape index (κ1) is 15.4. The highest BCUT2D eigenvalue weighted by atomic mass is 35.5. The summed E-state index contributed by atoms with van der Waals surface area (Å²) in [5, 5.41) is 4.73. The van der Waals surface area contributed by atoms with Crippen LogP contribution in [0.15, 0.2) is 41.0 Å². The highest BCUT2D eigenvalue weighted by molar-refractivity contribution is 6.42. The van der Waals surface area contributed by atoms with Crippen molar-refractivity contribution in [2.75, 3.05) is 6.54 Å². The van der Waals surface area contributed by atoms with Crippen LogP contribution < -0.4 is 5.32 Å². The molecule has 0 spiro atoms. The topological polar surface area (TPSA) is 25.2 Å². The summed E-state index contributed by atoms with van der Waals surface area (Å²) in [4.78, 5) is 0. The highest BCUT2D eigenvalue weighted by Crippen LogP contribution is 2.23. The standard InChI is InChI=1S/C16H19Cl2NO/c1-2-19-13(6-7-14-4-3-9-20-14)10-12-5-8-15(17)16(18)11-12/h3-5,8-9,11,13,19H,2,6-7,10H2,1H3. The zero-order chi connectivity index (χ0) is 14.4. The van der Waals surface area contributed by atoms with Crippen LogP contribution in [0.3, 0.4) is 0 Å². The fraction of sp³-hybridized carbons (Fsp3) is 0.375. The fourth-order valence-corrected chi connectivity index (χ4v) is 2.61. The van der Waals surface area contributed by atoms with Crippen LogP contribution in [0.2, 0.25) is 10.0 Å². The number of nitrogens with one attached hydrogen (secondary N) is 1. The Morgan fingerprint density at radius 3 is 2.70 bits per heavy atom. The first-order valence-corrected chi connectivity index (χ1v) is 7.64. The largest absolute Gasteiger partial charge is 0.469 e. The molecule has 2 aromatic rings. The van der Waals surface area contributed by atoms with Crippen molar-refractivity contribution >= 4 is 23.2 Å². The lowest BCUT2D eigenvalue weighted by Crippen LogP contribution is -2.31. The van der Waals surface area contributed by atoms with Gasteiger partial charge in [0.15, 0.2) is 0 Å². The second kappa shape index (κ2) is 7.72. The Morgan fingerprint density at radius 2 is 2.05 bits per heavy atom. The lowest BCUT2D eigenvalue weighted by atomic mass is 10.0. The summed E-state index contributed by atoms with van der Waals surface area (Å²) in [5.74, 6) is 1.03. The van der Waals surface area contributed by atoms with Crippen LogP contribution >= 0.6 is 23.2 Å². The van der Waals surface area contributed by atoms with Gasteiger partial charge >= 0.3 is 0 Å². The van der Waals surface area contributed by atoms with Crippen molar-refractivity contribution in [3.05, 3.63) is 58.0 Å². The molecule has 0 amide bonds. The molecule has 0 radical (unpaired) electrons. The molecule has 4 heteroatoms. The van der Waals surface area contributed by atoms with E-state index in [1.807, 2.05) is 30.3 Å². The van der Waals surface area contributed by atoms with Gasteiger partial charge in [0.05, 0.1) is 16.3 Å². The Kier molecular flexibility index (Phi) is 5.96. The van der Waals surface area contributed by atoms with Gasteiger partial charge in [0, 0.05) is 12.5 Å². The molecule has 0 aliphatic rings. The summed E-state index contributed by atoms with van der Waals surface area (Å²) >= 11 is 12.0. The fourth-order valence-electron chi connectivity index (χ4n) is 2.29. The number of likely N-dealkylation sites (N-methyl/N-ethyl adjacent to an activating group) is 1. The van der Waals surface area contributed by atoms with E-state index < -0.39 is 0 Å². The molecule has 108 valence electrons. The molecule has 1 aromatic carbocycles. The molecule has 2 rings (SSSR count). The average Bonchev–Trinajstić information content (AvgIpc) is 2.94. The van der Waals surface area contributed by atoms with Crippen LogP contribution in [0.5, 0.6) is 0 Å². The molecular formula is C16H19Cl2NO. The second-order valence-electron chi connectivity index (χ2n) is 4.83. The third-order valence-electron chi connectivity index (χ3n) is 3.28. The number of furan rings is 1. The normalized spacial score (nSPS) is 12.6. The predicted octanol–water partition coefficient (Wildman–Crippen LogP) is 4.74. The first-order chi connectivity index (χ1) is 9.69. The Balaban J connectivity index is 1.95. The van der Waals surface area contributed by atoms with Crippen LogP contribution in [0.1, 0.15) is 24.7 Å². The van der Waals surface area contributed by atoms with E-state index in [9.17, 15) is 0 Å². The van der Waals surface area contributed by atoms with E-state index in [0.717, 1.165) is 31.6 Å². The summed E-state index contributed by atoms with van der Waals surface area (Å²) in [7, 11) is 0. The molecule has 1 N–H and O–H groups in total. The van der Waals surface area contributed by atoms with Crippen LogP contribution in [0.4, 0.5) is 0 Å². The molecule has 1 unspecified atom stereocenters. The summed E-state index contributed by atoms with van der Waals surface area (Å²) in [6.07, 6.45) is 4.62. The first-order valence-electron chi connectivity index (χ1n) is 6.88. The molecule has 0 bridgehead atoms. The van der Waals surface area contributed by atoms with Gasteiger partial charge in [-0.1, -0.05) is 36.2 Å². The maximum Gasteiger partial charge on any atom is 0.103 e. The van der Waals surface area contributed by atoms with Crippen molar-refractivity contribution in [3.63, 3.8) is 0 Å². The molecule has 0 fully saturated rings. The van der Waals surface area contributed by atoms with E-state index in [-0.39, 0.29) is 0 Å².